The molecule has 10 aromatic carbocycles. The van der Waals surface area contributed by atoms with Crippen LogP contribution in [0.4, 0.5) is 34.1 Å². The second kappa shape index (κ2) is 19.7. The van der Waals surface area contributed by atoms with Crippen LogP contribution in [0.3, 0.4) is 0 Å². The van der Waals surface area contributed by atoms with Gasteiger partial charge in [-0.05, 0) is 152 Å². The van der Waals surface area contributed by atoms with Crippen molar-refractivity contribution in [1.29, 1.82) is 0 Å². The van der Waals surface area contributed by atoms with Gasteiger partial charge in [0.1, 0.15) is 0 Å². The van der Waals surface area contributed by atoms with Gasteiger partial charge in [0.2, 0.25) is 0 Å². The van der Waals surface area contributed by atoms with Gasteiger partial charge in [-0.1, -0.05) is 271 Å². The zero-order valence-electron chi connectivity index (χ0n) is 49.0. The molecule has 80 heavy (non-hydrogen) atoms. The first kappa shape index (κ1) is 52.8. The molecule has 0 bridgehead atoms. The van der Waals surface area contributed by atoms with E-state index in [-0.39, 0.29) is 28.4 Å². The van der Waals surface area contributed by atoms with Gasteiger partial charge in [-0.15, -0.1) is 0 Å². The molecule has 0 spiro atoms. The fraction of sp³-hybridized carbons (Fsp3) is 0.211. The highest BCUT2D eigenvalue weighted by atomic mass is 28.3. The number of hydrogen-bond acceptors (Lipinski definition) is 2. The monoisotopic (exact) mass is 1050 g/mol. The van der Waals surface area contributed by atoms with Crippen molar-refractivity contribution in [2.45, 2.75) is 105 Å². The molecule has 0 radical (unpaired) electrons. The van der Waals surface area contributed by atoms with Gasteiger partial charge in [0, 0.05) is 34.1 Å². The van der Waals surface area contributed by atoms with Crippen molar-refractivity contribution in [3.63, 3.8) is 0 Å². The molecule has 0 fully saturated rings. The lowest BCUT2D eigenvalue weighted by Crippen LogP contribution is -2.75. The van der Waals surface area contributed by atoms with Crippen molar-refractivity contribution < 1.29 is 0 Å². The van der Waals surface area contributed by atoms with Crippen molar-refractivity contribution >= 4 is 86.0 Å². The predicted octanol–water partition coefficient (Wildman–Crippen LogP) is 15.7. The van der Waals surface area contributed by atoms with E-state index in [0.29, 0.717) is 0 Å². The van der Waals surface area contributed by atoms with E-state index in [9.17, 15) is 0 Å². The summed E-state index contributed by atoms with van der Waals surface area (Å²) in [6.45, 7) is 28.3. The summed E-state index contributed by atoms with van der Waals surface area (Å²) >= 11 is 0. The Hall–Kier alpha value is -7.92. The third-order valence-electron chi connectivity index (χ3n) is 17.2. The van der Waals surface area contributed by atoms with E-state index >= 15 is 0 Å². The highest BCUT2D eigenvalue weighted by Crippen LogP contribution is 2.50. The van der Waals surface area contributed by atoms with E-state index in [1.807, 2.05) is 0 Å². The van der Waals surface area contributed by atoms with Crippen LogP contribution in [-0.4, -0.2) is 14.8 Å². The molecular weight excluding hydrogens is 980 g/mol. The Balaban J connectivity index is 1.26. The molecule has 0 amide bonds. The third-order valence-corrected chi connectivity index (χ3v) is 21.9. The molecule has 12 rings (SSSR count). The lowest BCUT2D eigenvalue weighted by molar-refractivity contribution is 0.568. The van der Waals surface area contributed by atoms with Crippen molar-refractivity contribution in [3.8, 4) is 22.3 Å². The fourth-order valence-electron chi connectivity index (χ4n) is 12.9. The van der Waals surface area contributed by atoms with E-state index in [1.54, 1.807) is 0 Å². The molecule has 2 nitrogen and oxygen atoms in total. The number of nitrogens with zero attached hydrogens (tertiary/aromatic N) is 2. The number of fused-ring (bicyclic) bond motifs is 4. The van der Waals surface area contributed by atoms with E-state index in [2.05, 4.69) is 329 Å². The Labute approximate surface area is 478 Å². The normalized spacial score (nSPS) is 13.4. The fourth-order valence-corrected chi connectivity index (χ4v) is 17.6. The van der Waals surface area contributed by atoms with Gasteiger partial charge >= 0.3 is 0 Å². The molecule has 2 heterocycles. The highest BCUT2D eigenvalue weighted by Gasteiger charge is 2.48. The second-order valence-corrected chi connectivity index (χ2v) is 30.5. The van der Waals surface area contributed by atoms with Gasteiger partial charge in [0.25, 0.3) is 6.71 Å². The Morgan fingerprint density at radius 1 is 0.287 bits per heavy atom. The number of benzene rings is 10. The lowest BCUT2D eigenvalue weighted by atomic mass is 9.33. The predicted molar refractivity (Wildman–Crippen MR) is 350 cm³/mol. The zero-order chi connectivity index (χ0) is 55.9. The van der Waals surface area contributed by atoms with Crippen LogP contribution in [0.1, 0.15) is 105 Å². The number of rotatable bonds is 8. The Kier molecular flexibility index (Phi) is 13.0. The SMILES string of the molecule is CC(C)(C)c1cc(N2c3ccc(C(C)(C)C)cc3B3c4cc([Si](c5ccccc5)(c5ccccc5)c5ccccc5)ccc4N(c4ccc(-c5ccccc5)cc4C(C)(C)C)c4cc(-c5ccccc5)cc2c43)cc(C(C)(C)C)c1. The minimum atomic E-state index is -3.00. The van der Waals surface area contributed by atoms with E-state index in [4.69, 9.17) is 0 Å². The first-order valence-corrected chi connectivity index (χ1v) is 30.9. The summed E-state index contributed by atoms with van der Waals surface area (Å²) in [6, 6.07) is 91.1. The van der Waals surface area contributed by atoms with E-state index in [0.717, 1.165) is 0 Å². The average molecular weight is 1060 g/mol. The molecule has 0 saturated heterocycles. The molecule has 0 aliphatic carbocycles. The van der Waals surface area contributed by atoms with Crippen LogP contribution in [0.2, 0.25) is 0 Å². The molecule has 2 aliphatic heterocycles. The van der Waals surface area contributed by atoms with Gasteiger partial charge in [-0.2, -0.15) is 0 Å². The highest BCUT2D eigenvalue weighted by molar-refractivity contribution is 7.20. The molecule has 0 N–H and O–H groups in total. The van der Waals surface area contributed by atoms with Gasteiger partial charge in [-0.3, -0.25) is 0 Å². The molecular formula is C76H75BN2Si. The topological polar surface area (TPSA) is 6.48 Å². The van der Waals surface area contributed by atoms with E-state index in [1.165, 1.54) is 116 Å². The quantitative estimate of drug-likeness (QED) is 0.111. The molecule has 0 aromatic heterocycles. The zero-order valence-corrected chi connectivity index (χ0v) is 50.0. The number of anilines is 6. The summed E-state index contributed by atoms with van der Waals surface area (Å²) in [6.07, 6.45) is 0. The lowest BCUT2D eigenvalue weighted by Gasteiger charge is -2.46. The Bertz CT molecular complexity index is 3790. The van der Waals surface area contributed by atoms with Crippen LogP contribution in [0, 0.1) is 0 Å². The average Bonchev–Trinajstić information content (AvgIpc) is 3.38. The molecule has 10 aromatic rings. The summed E-state index contributed by atoms with van der Waals surface area (Å²) in [5, 5.41) is 5.46. The molecule has 2 aliphatic rings. The number of hydrogen-bond donors (Lipinski definition) is 0. The first-order valence-electron chi connectivity index (χ1n) is 28.9. The van der Waals surface area contributed by atoms with Crippen molar-refractivity contribution in [2.24, 2.45) is 0 Å². The molecule has 4 heteroatoms. The Morgan fingerprint density at radius 3 is 1.20 bits per heavy atom. The second-order valence-electron chi connectivity index (χ2n) is 26.7. The summed E-state index contributed by atoms with van der Waals surface area (Å²) in [4.78, 5) is 5.33. The smallest absolute Gasteiger partial charge is 0.252 e. The maximum atomic E-state index is 2.68. The van der Waals surface area contributed by atoms with Gasteiger partial charge in [-0.25, -0.2) is 0 Å². The van der Waals surface area contributed by atoms with Crippen molar-refractivity contribution in [3.05, 3.63) is 259 Å². The van der Waals surface area contributed by atoms with Gasteiger partial charge in [0.15, 0.2) is 8.07 Å². The summed E-state index contributed by atoms with van der Waals surface area (Å²) < 4.78 is 0. The third kappa shape index (κ3) is 9.16. The maximum Gasteiger partial charge on any atom is 0.252 e. The van der Waals surface area contributed by atoms with Crippen LogP contribution in [0.5, 0.6) is 0 Å². The van der Waals surface area contributed by atoms with Crippen molar-refractivity contribution in [2.75, 3.05) is 9.80 Å². The van der Waals surface area contributed by atoms with Crippen LogP contribution >= 0.6 is 0 Å². The minimum absolute atomic E-state index is 0.0906. The molecule has 0 atom stereocenters. The minimum Gasteiger partial charge on any atom is -0.311 e. The van der Waals surface area contributed by atoms with Crippen molar-refractivity contribution in [1.82, 2.24) is 0 Å². The molecule has 0 saturated carbocycles. The Morgan fingerprint density at radius 2 is 0.713 bits per heavy atom. The van der Waals surface area contributed by atoms with Gasteiger partial charge in [0.05, 0.1) is 0 Å². The van der Waals surface area contributed by atoms with Crippen LogP contribution in [-0.2, 0) is 21.7 Å². The van der Waals surface area contributed by atoms with Gasteiger partial charge < -0.3 is 9.80 Å². The van der Waals surface area contributed by atoms with E-state index < -0.39 is 8.07 Å². The summed E-state index contributed by atoms with van der Waals surface area (Å²) in [7, 11) is -3.00. The molecule has 0 unspecified atom stereocenters. The van der Waals surface area contributed by atoms with Crippen LogP contribution in [0.25, 0.3) is 22.3 Å². The summed E-state index contributed by atoms with van der Waals surface area (Å²) in [5.74, 6) is 0. The standard InChI is InChI=1S/C76H75BN2Si/c1-73(2,3)56-39-42-68-65(50-56)77-66-51-63(80(60-32-22-15-23-33-60,61-34-24-16-25-35-61)62-36-26-17-27-37-62)40-43-69(66)79(67-41-38-54(44-64(67)76(10,11)12)52-28-18-13-19-29-52)71-46-55(53-30-20-14-21-31-53)45-70(72(71)77)78(68)59-48-57(74(4,5)6)47-58(49-59)75(7,8)9/h13-51H,1-12H3. The maximum absolute atomic E-state index is 3.00. The van der Waals surface area contributed by atoms with Crippen LogP contribution in [0.15, 0.2) is 237 Å². The van der Waals surface area contributed by atoms with Crippen LogP contribution < -0.4 is 46.9 Å². The first-order chi connectivity index (χ1) is 38.2. The summed E-state index contributed by atoms with van der Waals surface area (Å²) in [5.41, 5.74) is 20.8. The largest absolute Gasteiger partial charge is 0.311 e. The molecule has 396 valence electrons.